The van der Waals surface area contributed by atoms with E-state index in [0.29, 0.717) is 21.9 Å². The average Bonchev–Trinajstić information content (AvgIpc) is 3.05. The molecule has 4 rings (SSSR count). The van der Waals surface area contributed by atoms with E-state index in [9.17, 15) is 9.59 Å². The quantitative estimate of drug-likeness (QED) is 0.326. The van der Waals surface area contributed by atoms with Gasteiger partial charge in [-0.2, -0.15) is 0 Å². The lowest BCUT2D eigenvalue weighted by Gasteiger charge is -2.13. The highest BCUT2D eigenvalue weighted by atomic mass is 32.2. The minimum absolute atomic E-state index is 0.0974. The molecule has 1 aromatic carbocycles. The van der Waals surface area contributed by atoms with Crippen molar-refractivity contribution in [1.82, 2.24) is 14.5 Å². The van der Waals surface area contributed by atoms with Crippen LogP contribution in [0.4, 0.5) is 5.69 Å². The lowest BCUT2D eigenvalue weighted by Crippen LogP contribution is -2.25. The summed E-state index contributed by atoms with van der Waals surface area (Å²) >= 11 is 2.77. The van der Waals surface area contributed by atoms with E-state index < -0.39 is 0 Å². The Bertz CT molecular complexity index is 1360. The van der Waals surface area contributed by atoms with Crippen molar-refractivity contribution in [3.63, 3.8) is 0 Å². The van der Waals surface area contributed by atoms with Gasteiger partial charge in [0.25, 0.3) is 5.56 Å². The number of benzene rings is 1. The van der Waals surface area contributed by atoms with E-state index >= 15 is 0 Å². The molecule has 0 aliphatic carbocycles. The van der Waals surface area contributed by atoms with Crippen LogP contribution in [-0.2, 0) is 11.3 Å². The summed E-state index contributed by atoms with van der Waals surface area (Å²) in [5.41, 5.74) is 4.58. The molecule has 32 heavy (non-hydrogen) atoms. The van der Waals surface area contributed by atoms with Crippen molar-refractivity contribution in [2.24, 2.45) is 0 Å². The molecule has 0 atom stereocenters. The molecule has 3 heterocycles. The molecule has 0 unspecified atom stereocenters. The van der Waals surface area contributed by atoms with Gasteiger partial charge in [0.2, 0.25) is 5.91 Å². The van der Waals surface area contributed by atoms with Crippen LogP contribution in [0.25, 0.3) is 10.2 Å². The molecule has 0 aliphatic rings. The number of nitrogens with one attached hydrogen (secondary N) is 1. The van der Waals surface area contributed by atoms with Gasteiger partial charge < -0.3 is 5.32 Å². The molecule has 8 heteroatoms. The molecular formula is C24H24N4O2S2. The maximum atomic E-state index is 13.4. The van der Waals surface area contributed by atoms with E-state index in [0.717, 1.165) is 32.9 Å². The van der Waals surface area contributed by atoms with E-state index in [4.69, 9.17) is 4.98 Å². The van der Waals surface area contributed by atoms with Gasteiger partial charge in [0, 0.05) is 16.8 Å². The van der Waals surface area contributed by atoms with Gasteiger partial charge in [0.1, 0.15) is 4.83 Å². The van der Waals surface area contributed by atoms with Gasteiger partial charge >= 0.3 is 0 Å². The minimum atomic E-state index is -0.140. The van der Waals surface area contributed by atoms with Crippen LogP contribution in [0.5, 0.6) is 0 Å². The second kappa shape index (κ2) is 9.26. The Morgan fingerprint density at radius 3 is 2.69 bits per heavy atom. The maximum absolute atomic E-state index is 13.4. The van der Waals surface area contributed by atoms with Crippen molar-refractivity contribution in [1.29, 1.82) is 0 Å². The number of amides is 1. The Morgan fingerprint density at radius 2 is 1.97 bits per heavy atom. The second-order valence-electron chi connectivity index (χ2n) is 7.73. The molecule has 4 aromatic rings. The highest BCUT2D eigenvalue weighted by molar-refractivity contribution is 7.99. The predicted octanol–water partition coefficient (Wildman–Crippen LogP) is 4.87. The van der Waals surface area contributed by atoms with E-state index in [1.54, 1.807) is 10.8 Å². The molecule has 164 valence electrons. The number of anilines is 1. The summed E-state index contributed by atoms with van der Waals surface area (Å²) in [6, 6.07) is 11.5. The topological polar surface area (TPSA) is 76.9 Å². The number of carbonyl (C=O) groups excluding carboxylic acids is 1. The molecule has 0 spiro atoms. The van der Waals surface area contributed by atoms with Crippen molar-refractivity contribution in [2.75, 3.05) is 11.1 Å². The van der Waals surface area contributed by atoms with Crippen LogP contribution in [0.1, 0.15) is 27.3 Å². The highest BCUT2D eigenvalue weighted by Crippen LogP contribution is 2.28. The lowest BCUT2D eigenvalue weighted by molar-refractivity contribution is -0.113. The van der Waals surface area contributed by atoms with Gasteiger partial charge in [-0.25, -0.2) is 4.98 Å². The molecule has 0 saturated heterocycles. The SMILES string of the molecule is Cc1ccc(NC(=O)CSc2nc3sc(C)c(C)c3c(=O)n2Cc2ccccn2)c(C)c1. The third kappa shape index (κ3) is 4.61. The molecule has 0 bridgehead atoms. The number of thioether (sulfide) groups is 1. The van der Waals surface area contributed by atoms with Crippen LogP contribution >= 0.6 is 23.1 Å². The summed E-state index contributed by atoms with van der Waals surface area (Å²) in [5, 5.41) is 4.12. The van der Waals surface area contributed by atoms with Gasteiger partial charge in [-0.1, -0.05) is 35.5 Å². The first-order valence-corrected chi connectivity index (χ1v) is 12.0. The van der Waals surface area contributed by atoms with Crippen molar-refractivity contribution in [2.45, 2.75) is 39.4 Å². The number of nitrogens with zero attached hydrogens (tertiary/aromatic N) is 3. The minimum Gasteiger partial charge on any atom is -0.325 e. The third-order valence-electron chi connectivity index (χ3n) is 5.29. The largest absolute Gasteiger partial charge is 0.325 e. The van der Waals surface area contributed by atoms with Crippen molar-refractivity contribution < 1.29 is 4.79 Å². The zero-order chi connectivity index (χ0) is 22.8. The molecule has 3 aromatic heterocycles. The molecule has 0 fully saturated rings. The molecule has 1 amide bonds. The molecule has 0 saturated carbocycles. The number of carbonyl (C=O) groups is 1. The standard InChI is InChI=1S/C24H24N4O2S2/c1-14-8-9-19(15(2)11-14)26-20(29)13-31-24-27-22-21(16(3)17(4)32-22)23(30)28(24)12-18-7-5-6-10-25-18/h5-11H,12-13H2,1-4H3,(H,26,29). The number of aryl methyl sites for hydroxylation is 4. The maximum Gasteiger partial charge on any atom is 0.263 e. The Hall–Kier alpha value is -2.97. The average molecular weight is 465 g/mol. The number of fused-ring (bicyclic) bond motifs is 1. The van der Waals surface area contributed by atoms with Crippen LogP contribution in [0.15, 0.2) is 52.5 Å². The van der Waals surface area contributed by atoms with E-state index in [1.807, 2.05) is 64.1 Å². The summed E-state index contributed by atoms with van der Waals surface area (Å²) in [6.45, 7) is 8.24. The van der Waals surface area contributed by atoms with Gasteiger partial charge in [-0.3, -0.25) is 19.1 Å². The zero-order valence-corrected chi connectivity index (χ0v) is 20.1. The number of aromatic nitrogens is 3. The predicted molar refractivity (Wildman–Crippen MR) is 132 cm³/mol. The van der Waals surface area contributed by atoms with Crippen LogP contribution in [0.3, 0.4) is 0 Å². The monoisotopic (exact) mass is 464 g/mol. The van der Waals surface area contributed by atoms with Gasteiger partial charge in [0.15, 0.2) is 5.16 Å². The first-order valence-electron chi connectivity index (χ1n) is 10.2. The van der Waals surface area contributed by atoms with Crippen LogP contribution < -0.4 is 10.9 Å². The van der Waals surface area contributed by atoms with Gasteiger partial charge in [-0.05, 0) is 57.0 Å². The Labute approximate surface area is 194 Å². The number of pyridine rings is 1. The van der Waals surface area contributed by atoms with Gasteiger partial charge in [-0.15, -0.1) is 11.3 Å². The summed E-state index contributed by atoms with van der Waals surface area (Å²) in [4.78, 5) is 36.9. The van der Waals surface area contributed by atoms with E-state index in [-0.39, 0.29) is 17.2 Å². The first kappa shape index (κ1) is 22.2. The normalized spacial score (nSPS) is 11.1. The first-order chi connectivity index (χ1) is 15.3. The number of hydrogen-bond acceptors (Lipinski definition) is 6. The lowest BCUT2D eigenvalue weighted by atomic mass is 10.1. The molecular weight excluding hydrogens is 440 g/mol. The summed E-state index contributed by atoms with van der Waals surface area (Å²) in [6.07, 6.45) is 1.70. The zero-order valence-electron chi connectivity index (χ0n) is 18.4. The fraction of sp³-hybridized carbons (Fsp3) is 0.250. The van der Waals surface area contributed by atoms with Crippen molar-refractivity contribution in [3.8, 4) is 0 Å². The van der Waals surface area contributed by atoms with E-state index in [1.165, 1.54) is 23.1 Å². The number of thiophene rings is 1. The second-order valence-corrected chi connectivity index (χ2v) is 9.87. The van der Waals surface area contributed by atoms with Crippen LogP contribution in [0, 0.1) is 27.7 Å². The number of hydrogen-bond donors (Lipinski definition) is 1. The fourth-order valence-corrected chi connectivity index (χ4v) is 5.35. The summed E-state index contributed by atoms with van der Waals surface area (Å²) < 4.78 is 1.62. The Kier molecular flexibility index (Phi) is 6.43. The molecule has 0 aliphatic heterocycles. The van der Waals surface area contributed by atoms with Crippen LogP contribution in [-0.4, -0.2) is 26.2 Å². The summed E-state index contributed by atoms with van der Waals surface area (Å²) in [7, 11) is 0. The molecule has 6 nitrogen and oxygen atoms in total. The van der Waals surface area contributed by atoms with Gasteiger partial charge in [0.05, 0.1) is 23.4 Å². The molecule has 0 radical (unpaired) electrons. The highest BCUT2D eigenvalue weighted by Gasteiger charge is 2.18. The van der Waals surface area contributed by atoms with Crippen LogP contribution in [0.2, 0.25) is 0 Å². The molecule has 1 N–H and O–H groups in total. The Balaban J connectivity index is 1.63. The Morgan fingerprint density at radius 1 is 1.16 bits per heavy atom. The third-order valence-corrected chi connectivity index (χ3v) is 7.37. The van der Waals surface area contributed by atoms with Crippen molar-refractivity contribution >= 4 is 44.9 Å². The fourth-order valence-electron chi connectivity index (χ4n) is 3.48. The van der Waals surface area contributed by atoms with E-state index in [2.05, 4.69) is 10.3 Å². The van der Waals surface area contributed by atoms with Crippen molar-refractivity contribution in [3.05, 3.63) is 80.2 Å². The summed E-state index contributed by atoms with van der Waals surface area (Å²) in [5.74, 6) is 0.0100. The number of rotatable bonds is 6. The smallest absolute Gasteiger partial charge is 0.263 e.